The molecule has 168 valence electrons. The predicted molar refractivity (Wildman–Crippen MR) is 129 cm³/mol. The number of hydrogen-bond acceptors (Lipinski definition) is 5. The number of anilines is 1. The van der Waals surface area contributed by atoms with Crippen LogP contribution in [0.15, 0.2) is 52.3 Å². The molecule has 1 atom stereocenters. The van der Waals surface area contributed by atoms with Gasteiger partial charge in [-0.2, -0.15) is 0 Å². The number of hydrogen-bond donors (Lipinski definition) is 2. The zero-order valence-electron chi connectivity index (χ0n) is 18.5. The lowest BCUT2D eigenvalue weighted by molar-refractivity contribution is -0.112. The van der Waals surface area contributed by atoms with Gasteiger partial charge in [-0.1, -0.05) is 30.3 Å². The van der Waals surface area contributed by atoms with Crippen molar-refractivity contribution in [2.24, 2.45) is 0 Å². The van der Waals surface area contributed by atoms with Crippen LogP contribution in [0.5, 0.6) is 5.75 Å². The Morgan fingerprint density at radius 1 is 1.28 bits per heavy atom. The maximum absolute atomic E-state index is 12.6. The van der Waals surface area contributed by atoms with Gasteiger partial charge in [-0.3, -0.25) is 14.5 Å². The number of ether oxygens (including phenoxy) is 1. The third-order valence-corrected chi connectivity index (χ3v) is 7.05. The number of carbonyl (C=O) groups is 2. The van der Waals surface area contributed by atoms with E-state index >= 15 is 0 Å². The Labute approximate surface area is 193 Å². The monoisotopic (exact) mass is 451 g/mol. The molecule has 1 saturated heterocycles. The van der Waals surface area contributed by atoms with Gasteiger partial charge in [-0.25, -0.2) is 0 Å². The number of nitrogens with one attached hydrogen (secondary N) is 2. The number of amides is 2. The molecule has 2 amide bonds. The number of benzene rings is 2. The van der Waals surface area contributed by atoms with E-state index in [-0.39, 0.29) is 11.8 Å². The number of piperidine rings is 1. The minimum Gasteiger partial charge on any atom is -0.497 e. The van der Waals surface area contributed by atoms with Crippen molar-refractivity contribution in [3.05, 3.63) is 58.5 Å². The van der Waals surface area contributed by atoms with Gasteiger partial charge in [-0.05, 0) is 68.3 Å². The molecule has 7 heteroatoms. The van der Waals surface area contributed by atoms with Crippen molar-refractivity contribution >= 4 is 35.3 Å². The summed E-state index contributed by atoms with van der Waals surface area (Å²) in [6.45, 7) is 4.84. The summed E-state index contributed by atoms with van der Waals surface area (Å²) in [5, 5.41) is 5.93. The molecule has 6 nitrogen and oxygen atoms in total. The van der Waals surface area contributed by atoms with Crippen LogP contribution in [0, 0.1) is 0 Å². The van der Waals surface area contributed by atoms with Gasteiger partial charge in [0.25, 0.3) is 11.8 Å². The first kappa shape index (κ1) is 22.4. The van der Waals surface area contributed by atoms with Gasteiger partial charge >= 0.3 is 0 Å². The molecule has 0 saturated carbocycles. The summed E-state index contributed by atoms with van der Waals surface area (Å²) in [7, 11) is 1.62. The summed E-state index contributed by atoms with van der Waals surface area (Å²) in [5.74, 6) is 0.447. The van der Waals surface area contributed by atoms with Gasteiger partial charge < -0.3 is 15.4 Å². The van der Waals surface area contributed by atoms with E-state index in [1.807, 2.05) is 42.5 Å². The van der Waals surface area contributed by atoms with E-state index < -0.39 is 0 Å². The summed E-state index contributed by atoms with van der Waals surface area (Å²) in [5.41, 5.74) is 2.11. The fraction of sp³-hybridized carbons (Fsp3) is 0.360. The average molecular weight is 452 g/mol. The van der Waals surface area contributed by atoms with Crippen molar-refractivity contribution in [3.8, 4) is 5.75 Å². The maximum Gasteiger partial charge on any atom is 0.262 e. The van der Waals surface area contributed by atoms with Crippen molar-refractivity contribution in [2.75, 3.05) is 32.1 Å². The average Bonchev–Trinajstić information content (AvgIpc) is 2.80. The second kappa shape index (κ2) is 10.2. The molecule has 2 aliphatic heterocycles. The number of thioether (sulfide) groups is 1. The van der Waals surface area contributed by atoms with Gasteiger partial charge in [0.05, 0.1) is 17.7 Å². The van der Waals surface area contributed by atoms with E-state index in [9.17, 15) is 9.59 Å². The van der Waals surface area contributed by atoms with Crippen LogP contribution in [-0.4, -0.2) is 49.5 Å². The lowest BCUT2D eigenvalue weighted by atomic mass is 10.0. The van der Waals surface area contributed by atoms with Crippen LogP contribution in [0.25, 0.3) is 6.08 Å². The lowest BCUT2D eigenvalue weighted by Crippen LogP contribution is -2.42. The zero-order chi connectivity index (χ0) is 22.5. The molecular weight excluding hydrogens is 422 g/mol. The maximum atomic E-state index is 12.6. The van der Waals surface area contributed by atoms with Crippen molar-refractivity contribution in [1.82, 2.24) is 10.2 Å². The van der Waals surface area contributed by atoms with Crippen LogP contribution >= 0.6 is 11.8 Å². The first-order valence-electron chi connectivity index (χ1n) is 11.0. The molecule has 2 aromatic carbocycles. The summed E-state index contributed by atoms with van der Waals surface area (Å²) in [4.78, 5) is 29.2. The van der Waals surface area contributed by atoms with E-state index in [1.54, 1.807) is 13.2 Å². The molecule has 2 N–H and O–H groups in total. The summed E-state index contributed by atoms with van der Waals surface area (Å²) in [6.07, 6.45) is 5.59. The molecule has 2 heterocycles. The first-order chi connectivity index (χ1) is 15.5. The molecule has 0 bridgehead atoms. The number of rotatable bonds is 6. The molecule has 0 radical (unpaired) electrons. The van der Waals surface area contributed by atoms with Crippen molar-refractivity contribution in [2.45, 2.75) is 37.1 Å². The Balaban J connectivity index is 1.39. The summed E-state index contributed by atoms with van der Waals surface area (Å²) in [6, 6.07) is 13.6. The van der Waals surface area contributed by atoms with Crippen LogP contribution in [0.4, 0.5) is 5.69 Å². The molecule has 1 fully saturated rings. The van der Waals surface area contributed by atoms with Crippen molar-refractivity contribution < 1.29 is 14.3 Å². The van der Waals surface area contributed by atoms with E-state index in [2.05, 4.69) is 22.5 Å². The minimum absolute atomic E-state index is 0.116. The van der Waals surface area contributed by atoms with Crippen molar-refractivity contribution in [1.29, 1.82) is 0 Å². The third kappa shape index (κ3) is 5.34. The van der Waals surface area contributed by atoms with E-state index in [0.717, 1.165) is 29.3 Å². The number of nitrogens with zero attached hydrogens (tertiary/aromatic N) is 1. The van der Waals surface area contributed by atoms with Gasteiger partial charge in [0, 0.05) is 29.6 Å². The highest BCUT2D eigenvalue weighted by molar-refractivity contribution is 8.04. The zero-order valence-corrected chi connectivity index (χ0v) is 19.3. The smallest absolute Gasteiger partial charge is 0.262 e. The Bertz CT molecular complexity index is 1040. The molecule has 4 rings (SSSR count). The predicted octanol–water partition coefficient (Wildman–Crippen LogP) is 4.38. The lowest BCUT2D eigenvalue weighted by Gasteiger charge is -2.33. The molecule has 0 aromatic heterocycles. The number of fused-ring (bicyclic) bond motifs is 1. The third-order valence-electron chi connectivity index (χ3n) is 5.95. The van der Waals surface area contributed by atoms with E-state index in [1.165, 1.54) is 31.0 Å². The van der Waals surface area contributed by atoms with Gasteiger partial charge in [0.15, 0.2) is 0 Å². The van der Waals surface area contributed by atoms with Crippen LogP contribution in [0.2, 0.25) is 0 Å². The molecular formula is C25H29N3O3S. The molecule has 32 heavy (non-hydrogen) atoms. The highest BCUT2D eigenvalue weighted by Gasteiger charge is 2.23. The second-order valence-electron chi connectivity index (χ2n) is 8.19. The summed E-state index contributed by atoms with van der Waals surface area (Å²) < 4.78 is 5.25. The minimum atomic E-state index is -0.179. The van der Waals surface area contributed by atoms with Crippen LogP contribution in [-0.2, 0) is 4.79 Å². The van der Waals surface area contributed by atoms with E-state index in [0.29, 0.717) is 28.7 Å². The summed E-state index contributed by atoms with van der Waals surface area (Å²) >= 11 is 1.40. The van der Waals surface area contributed by atoms with Crippen LogP contribution in [0.3, 0.4) is 0 Å². The number of carbonyl (C=O) groups excluding carboxylic acids is 2. The second-order valence-corrected chi connectivity index (χ2v) is 9.27. The van der Waals surface area contributed by atoms with Crippen molar-refractivity contribution in [3.63, 3.8) is 0 Å². The highest BCUT2D eigenvalue weighted by Crippen LogP contribution is 2.39. The van der Waals surface area contributed by atoms with Gasteiger partial charge in [-0.15, -0.1) is 0 Å². The normalized spacial score (nSPS) is 19.9. The van der Waals surface area contributed by atoms with Gasteiger partial charge in [0.1, 0.15) is 5.75 Å². The SMILES string of the molecule is COc1cccc(C=C2Sc3ccc(C(=O)NCCN4CCCCC4C)cc3NC2=O)c1. The molecule has 1 unspecified atom stereocenters. The van der Waals surface area contributed by atoms with Gasteiger partial charge in [0.2, 0.25) is 0 Å². The topological polar surface area (TPSA) is 70.7 Å². The van der Waals surface area contributed by atoms with Crippen LogP contribution in [0.1, 0.15) is 42.1 Å². The first-order valence-corrected chi connectivity index (χ1v) is 11.9. The Kier molecular flexibility index (Phi) is 7.17. The largest absolute Gasteiger partial charge is 0.497 e. The fourth-order valence-corrected chi connectivity index (χ4v) is 5.02. The van der Waals surface area contributed by atoms with Crippen LogP contribution < -0.4 is 15.4 Å². The standard InChI is InChI=1S/C25H29N3O3S/c1-17-6-3-4-12-28(17)13-11-26-24(29)19-9-10-22-21(16-19)27-25(30)23(32-22)15-18-7-5-8-20(14-18)31-2/h5,7-10,14-17H,3-4,6,11-13H2,1-2H3,(H,26,29)(H,27,30). The number of methoxy groups -OCH3 is 1. The molecule has 0 aliphatic carbocycles. The molecule has 2 aromatic rings. The Hall–Kier alpha value is -2.77. The molecule has 0 spiro atoms. The quantitative estimate of drug-likeness (QED) is 0.638. The fourth-order valence-electron chi connectivity index (χ4n) is 4.09. The Morgan fingerprint density at radius 3 is 2.97 bits per heavy atom. The van der Waals surface area contributed by atoms with E-state index in [4.69, 9.17) is 4.74 Å². The number of likely N-dealkylation sites (tertiary alicyclic amines) is 1. The Morgan fingerprint density at radius 2 is 2.16 bits per heavy atom. The highest BCUT2D eigenvalue weighted by atomic mass is 32.2. The molecule has 2 aliphatic rings.